The molecule has 1 unspecified atom stereocenters. The first kappa shape index (κ1) is 12.7. The molecule has 5 nitrogen and oxygen atoms in total. The van der Waals surface area contributed by atoms with Crippen LogP contribution in [-0.2, 0) is 22.4 Å². The molecule has 0 bridgehead atoms. The van der Waals surface area contributed by atoms with Crippen LogP contribution < -0.4 is 10.5 Å². The van der Waals surface area contributed by atoms with E-state index in [1.165, 1.54) is 0 Å². The number of aromatic hydroxyl groups is 1. The summed E-state index contributed by atoms with van der Waals surface area (Å²) in [6, 6.07) is 3.50. The Morgan fingerprint density at radius 1 is 1.44 bits per heavy atom. The predicted molar refractivity (Wildman–Crippen MR) is 65.6 cm³/mol. The summed E-state index contributed by atoms with van der Waals surface area (Å²) in [5.41, 5.74) is 7.96. The molecule has 3 N–H and O–H groups in total. The molecule has 0 aliphatic heterocycles. The Morgan fingerprint density at radius 2 is 2.11 bits per heavy atom. The lowest BCUT2D eigenvalue weighted by atomic mass is 10.1. The molecule has 0 heterocycles. The van der Waals surface area contributed by atoms with E-state index in [1.54, 1.807) is 19.1 Å². The summed E-state index contributed by atoms with van der Waals surface area (Å²) in [5.74, 6) is -0.114. The minimum atomic E-state index is -0.450. The van der Waals surface area contributed by atoms with Crippen molar-refractivity contribution in [2.24, 2.45) is 5.73 Å². The number of hydrogen-bond donors (Lipinski definition) is 2. The molecule has 18 heavy (non-hydrogen) atoms. The summed E-state index contributed by atoms with van der Waals surface area (Å²) >= 11 is 0. The first-order chi connectivity index (χ1) is 8.60. The Kier molecular flexibility index (Phi) is 3.72. The standard InChI is InChI=1S/C13H17NO4/c1-2-17-13(16)7-18-12-6-9-4-10(14)3-8(9)5-11(12)15/h5-6,10,15H,2-4,7,14H2,1H3. The van der Waals surface area contributed by atoms with Gasteiger partial charge in [0.1, 0.15) is 0 Å². The normalized spacial score (nSPS) is 17.3. The van der Waals surface area contributed by atoms with Crippen molar-refractivity contribution in [1.82, 2.24) is 0 Å². The fourth-order valence-electron chi connectivity index (χ4n) is 2.13. The molecule has 5 heteroatoms. The van der Waals surface area contributed by atoms with Gasteiger partial charge in [-0.25, -0.2) is 4.79 Å². The number of phenols is 1. The van der Waals surface area contributed by atoms with Gasteiger partial charge in [0.05, 0.1) is 6.61 Å². The maximum Gasteiger partial charge on any atom is 0.344 e. The third-order valence-electron chi connectivity index (χ3n) is 2.90. The fourth-order valence-corrected chi connectivity index (χ4v) is 2.13. The molecular weight excluding hydrogens is 234 g/mol. The van der Waals surface area contributed by atoms with Gasteiger partial charge < -0.3 is 20.3 Å². The van der Waals surface area contributed by atoms with Gasteiger partial charge in [-0.2, -0.15) is 0 Å². The van der Waals surface area contributed by atoms with Crippen LogP contribution in [0, 0.1) is 0 Å². The number of esters is 1. The van der Waals surface area contributed by atoms with Crippen LogP contribution in [0.15, 0.2) is 12.1 Å². The van der Waals surface area contributed by atoms with Crippen LogP contribution in [0.5, 0.6) is 11.5 Å². The Bertz CT molecular complexity index is 459. The van der Waals surface area contributed by atoms with Crippen LogP contribution in [0.4, 0.5) is 0 Å². The highest BCUT2D eigenvalue weighted by molar-refractivity contribution is 5.71. The van der Waals surface area contributed by atoms with Gasteiger partial charge in [0.2, 0.25) is 0 Å². The van der Waals surface area contributed by atoms with Gasteiger partial charge in [-0.05, 0) is 43.0 Å². The second-order valence-electron chi connectivity index (χ2n) is 4.35. The number of phenolic OH excluding ortho intramolecular Hbond substituents is 1. The van der Waals surface area contributed by atoms with Crippen LogP contribution in [0.1, 0.15) is 18.1 Å². The Balaban J connectivity index is 2.06. The molecule has 1 aliphatic carbocycles. The molecule has 1 aromatic carbocycles. The van der Waals surface area contributed by atoms with E-state index < -0.39 is 5.97 Å². The molecule has 0 fully saturated rings. The molecule has 0 radical (unpaired) electrons. The zero-order valence-electron chi connectivity index (χ0n) is 10.3. The maximum absolute atomic E-state index is 11.2. The van der Waals surface area contributed by atoms with Crippen molar-refractivity contribution >= 4 is 5.97 Å². The van der Waals surface area contributed by atoms with Crippen molar-refractivity contribution < 1.29 is 19.4 Å². The molecule has 0 saturated heterocycles. The number of benzene rings is 1. The lowest BCUT2D eigenvalue weighted by Gasteiger charge is -2.09. The van der Waals surface area contributed by atoms with E-state index in [2.05, 4.69) is 0 Å². The lowest BCUT2D eigenvalue weighted by Crippen LogP contribution is -2.19. The number of nitrogens with two attached hydrogens (primary N) is 1. The van der Waals surface area contributed by atoms with E-state index in [0.29, 0.717) is 12.4 Å². The highest BCUT2D eigenvalue weighted by Gasteiger charge is 2.21. The SMILES string of the molecule is CCOC(=O)COc1cc2c(cc1O)CC(N)C2. The smallest absolute Gasteiger partial charge is 0.344 e. The third-order valence-corrected chi connectivity index (χ3v) is 2.90. The van der Waals surface area contributed by atoms with Crippen LogP contribution in [0.2, 0.25) is 0 Å². The van der Waals surface area contributed by atoms with Crippen LogP contribution >= 0.6 is 0 Å². The number of carbonyl (C=O) groups is 1. The number of ether oxygens (including phenoxy) is 2. The van der Waals surface area contributed by atoms with E-state index in [4.69, 9.17) is 15.2 Å². The average molecular weight is 251 g/mol. The molecule has 0 spiro atoms. The van der Waals surface area contributed by atoms with Gasteiger partial charge in [-0.1, -0.05) is 0 Å². The van der Waals surface area contributed by atoms with Gasteiger partial charge in [-0.3, -0.25) is 0 Å². The largest absolute Gasteiger partial charge is 0.504 e. The molecule has 1 atom stereocenters. The van der Waals surface area contributed by atoms with Crippen molar-refractivity contribution in [1.29, 1.82) is 0 Å². The molecular formula is C13H17NO4. The predicted octanol–water partition coefficient (Wildman–Crippen LogP) is 0.760. The van der Waals surface area contributed by atoms with Gasteiger partial charge >= 0.3 is 5.97 Å². The summed E-state index contributed by atoms with van der Waals surface area (Å²) in [6.07, 6.45) is 1.53. The summed E-state index contributed by atoms with van der Waals surface area (Å²) in [7, 11) is 0. The monoisotopic (exact) mass is 251 g/mol. The first-order valence-electron chi connectivity index (χ1n) is 5.99. The number of hydrogen-bond acceptors (Lipinski definition) is 5. The second-order valence-corrected chi connectivity index (χ2v) is 4.35. The average Bonchev–Trinajstić information content (AvgIpc) is 2.65. The van der Waals surface area contributed by atoms with Crippen molar-refractivity contribution in [2.45, 2.75) is 25.8 Å². The molecule has 0 aromatic heterocycles. The number of carbonyl (C=O) groups excluding carboxylic acids is 1. The summed E-state index contributed by atoms with van der Waals surface area (Å²) in [5, 5.41) is 9.79. The highest BCUT2D eigenvalue weighted by atomic mass is 16.6. The Labute approximate surface area is 106 Å². The van der Waals surface area contributed by atoms with Crippen LogP contribution in [0.3, 0.4) is 0 Å². The minimum absolute atomic E-state index is 0.0344. The van der Waals surface area contributed by atoms with E-state index in [1.807, 2.05) is 0 Å². The van der Waals surface area contributed by atoms with Crippen molar-refractivity contribution in [3.63, 3.8) is 0 Å². The number of rotatable bonds is 4. The summed E-state index contributed by atoms with van der Waals surface area (Å²) in [4.78, 5) is 11.2. The van der Waals surface area contributed by atoms with Gasteiger partial charge in [-0.15, -0.1) is 0 Å². The maximum atomic E-state index is 11.2. The molecule has 0 saturated carbocycles. The van der Waals surface area contributed by atoms with E-state index >= 15 is 0 Å². The van der Waals surface area contributed by atoms with Gasteiger partial charge in [0.25, 0.3) is 0 Å². The topological polar surface area (TPSA) is 81.8 Å². The van der Waals surface area contributed by atoms with Crippen LogP contribution in [0.25, 0.3) is 0 Å². The van der Waals surface area contributed by atoms with Crippen molar-refractivity contribution in [3.05, 3.63) is 23.3 Å². The third kappa shape index (κ3) is 2.73. The minimum Gasteiger partial charge on any atom is -0.504 e. The molecule has 98 valence electrons. The number of fused-ring (bicyclic) bond motifs is 1. The van der Waals surface area contributed by atoms with Crippen LogP contribution in [-0.4, -0.2) is 30.3 Å². The summed E-state index contributed by atoms with van der Waals surface area (Å²) in [6.45, 7) is 1.84. The van der Waals surface area contributed by atoms with E-state index in [-0.39, 0.29) is 18.4 Å². The van der Waals surface area contributed by atoms with E-state index in [9.17, 15) is 9.90 Å². The Hall–Kier alpha value is -1.75. The Morgan fingerprint density at radius 3 is 2.78 bits per heavy atom. The zero-order chi connectivity index (χ0) is 13.1. The molecule has 1 aliphatic rings. The zero-order valence-corrected chi connectivity index (χ0v) is 10.3. The fraction of sp³-hybridized carbons (Fsp3) is 0.462. The van der Waals surface area contributed by atoms with Gasteiger partial charge in [0.15, 0.2) is 18.1 Å². The highest BCUT2D eigenvalue weighted by Crippen LogP contribution is 2.33. The molecule has 0 amide bonds. The molecule has 1 aromatic rings. The molecule has 2 rings (SSSR count). The quantitative estimate of drug-likeness (QED) is 0.772. The van der Waals surface area contributed by atoms with E-state index in [0.717, 1.165) is 24.0 Å². The van der Waals surface area contributed by atoms with Gasteiger partial charge in [0, 0.05) is 6.04 Å². The summed E-state index contributed by atoms with van der Waals surface area (Å²) < 4.78 is 9.99. The van der Waals surface area contributed by atoms with Crippen molar-refractivity contribution in [2.75, 3.05) is 13.2 Å². The first-order valence-corrected chi connectivity index (χ1v) is 5.99. The van der Waals surface area contributed by atoms with Crippen molar-refractivity contribution in [3.8, 4) is 11.5 Å². The lowest BCUT2D eigenvalue weighted by molar-refractivity contribution is -0.145. The second kappa shape index (κ2) is 5.27.